The molecule has 14 heteroatoms. The van der Waals surface area contributed by atoms with Gasteiger partial charge in [-0.15, -0.1) is 0 Å². The zero-order valence-corrected chi connectivity index (χ0v) is 40.1. The van der Waals surface area contributed by atoms with Crippen LogP contribution in [0.5, 0.6) is 0 Å². The summed E-state index contributed by atoms with van der Waals surface area (Å²) in [6, 6.07) is -1.26. The molecule has 63 heavy (non-hydrogen) atoms. The third-order valence-corrected chi connectivity index (χ3v) is 12.9. The first kappa shape index (κ1) is 59.5. The van der Waals surface area contributed by atoms with Crippen LogP contribution in [0.1, 0.15) is 206 Å². The number of aliphatic hydroxyl groups excluding tert-OH is 7. The monoisotopic (exact) mass is 918 g/mol. The first-order valence-electron chi connectivity index (χ1n) is 25.0. The molecule has 8 unspecified atom stereocenters. The average Bonchev–Trinajstić information content (AvgIpc) is 3.26. The van der Waals surface area contributed by atoms with Gasteiger partial charge in [-0.05, 0) is 57.8 Å². The van der Waals surface area contributed by atoms with Crippen molar-refractivity contribution in [1.29, 1.82) is 0 Å². The van der Waals surface area contributed by atoms with Crippen molar-refractivity contribution in [2.75, 3.05) is 6.61 Å². The predicted octanol–water partition coefficient (Wildman–Crippen LogP) is 8.92. The highest BCUT2D eigenvalue weighted by Gasteiger charge is 2.51. The third-order valence-electron chi connectivity index (χ3n) is 11.9. The van der Waals surface area contributed by atoms with Gasteiger partial charge in [-0.25, -0.2) is 4.57 Å². The Morgan fingerprint density at radius 3 is 1.40 bits per heavy atom. The highest BCUT2D eigenvalue weighted by atomic mass is 31.2. The van der Waals surface area contributed by atoms with Gasteiger partial charge in [-0.3, -0.25) is 13.8 Å². The molecule has 0 spiro atoms. The fourth-order valence-corrected chi connectivity index (χ4v) is 8.81. The minimum atomic E-state index is -5.15. The van der Waals surface area contributed by atoms with E-state index in [0.717, 1.165) is 64.2 Å². The molecule has 0 aliphatic heterocycles. The molecule has 0 aromatic carbocycles. The number of amides is 1. The average molecular weight is 918 g/mol. The summed E-state index contributed by atoms with van der Waals surface area (Å²) in [5.41, 5.74) is 0. The maximum Gasteiger partial charge on any atom is 0.472 e. The number of aliphatic hydroxyl groups is 7. The number of phosphoric acid groups is 1. The quantitative estimate of drug-likeness (QED) is 0.0159. The van der Waals surface area contributed by atoms with Gasteiger partial charge < -0.3 is 46.0 Å². The third kappa shape index (κ3) is 30.4. The normalized spacial score (nSPS) is 23.1. The second kappa shape index (κ2) is 38.6. The van der Waals surface area contributed by atoms with Crippen molar-refractivity contribution in [3.05, 3.63) is 36.5 Å². The van der Waals surface area contributed by atoms with Gasteiger partial charge in [0.05, 0.1) is 31.3 Å². The Labute approximate surface area is 381 Å². The van der Waals surface area contributed by atoms with Crippen LogP contribution in [-0.4, -0.2) is 108 Å². The molecule has 13 nitrogen and oxygen atoms in total. The van der Waals surface area contributed by atoms with E-state index in [0.29, 0.717) is 12.8 Å². The molecule has 370 valence electrons. The Morgan fingerprint density at radius 2 is 0.937 bits per heavy atom. The van der Waals surface area contributed by atoms with E-state index in [1.807, 2.05) is 0 Å². The Morgan fingerprint density at radius 1 is 0.556 bits per heavy atom. The van der Waals surface area contributed by atoms with Crippen LogP contribution in [0, 0.1) is 0 Å². The molecule has 1 rings (SSSR count). The minimum absolute atomic E-state index is 0.258. The smallest absolute Gasteiger partial charge is 0.393 e. The first-order chi connectivity index (χ1) is 30.3. The summed E-state index contributed by atoms with van der Waals surface area (Å²) < 4.78 is 22.9. The molecule has 0 radical (unpaired) electrons. The van der Waals surface area contributed by atoms with E-state index in [4.69, 9.17) is 9.05 Å². The molecular formula is C49H92NO12P. The zero-order valence-electron chi connectivity index (χ0n) is 39.2. The molecule has 1 aliphatic carbocycles. The second-order valence-corrected chi connectivity index (χ2v) is 19.2. The summed E-state index contributed by atoms with van der Waals surface area (Å²) in [5, 5.41) is 74.5. The van der Waals surface area contributed by atoms with Crippen LogP contribution in [0.2, 0.25) is 0 Å². The van der Waals surface area contributed by atoms with Crippen LogP contribution < -0.4 is 5.32 Å². The fourth-order valence-electron chi connectivity index (χ4n) is 7.84. The number of carbonyl (C=O) groups excluding carboxylic acids is 1. The van der Waals surface area contributed by atoms with Crippen LogP contribution in [0.3, 0.4) is 0 Å². The lowest BCUT2D eigenvalue weighted by Gasteiger charge is -2.41. The highest BCUT2D eigenvalue weighted by Crippen LogP contribution is 2.47. The topological polar surface area (TPSA) is 226 Å². The van der Waals surface area contributed by atoms with Gasteiger partial charge in [-0.2, -0.15) is 0 Å². The summed E-state index contributed by atoms with van der Waals surface area (Å²) in [6.45, 7) is 3.73. The molecule has 8 atom stereocenters. The van der Waals surface area contributed by atoms with Gasteiger partial charge in [0.2, 0.25) is 5.91 Å². The lowest BCUT2D eigenvalue weighted by Crippen LogP contribution is -2.64. The first-order valence-corrected chi connectivity index (χ1v) is 26.5. The van der Waals surface area contributed by atoms with Crippen LogP contribution in [-0.2, 0) is 18.4 Å². The van der Waals surface area contributed by atoms with E-state index < -0.39 is 75.2 Å². The van der Waals surface area contributed by atoms with Crippen molar-refractivity contribution in [3.8, 4) is 0 Å². The fraction of sp³-hybridized carbons (Fsp3) is 0.857. The molecule has 0 heterocycles. The molecular weight excluding hydrogens is 826 g/mol. The van der Waals surface area contributed by atoms with Gasteiger partial charge in [0.1, 0.15) is 36.6 Å². The van der Waals surface area contributed by atoms with Crippen LogP contribution >= 0.6 is 7.82 Å². The summed E-state index contributed by atoms with van der Waals surface area (Å²) in [5.74, 6) is -0.607. The van der Waals surface area contributed by atoms with E-state index in [1.54, 1.807) is 6.08 Å². The van der Waals surface area contributed by atoms with Gasteiger partial charge in [0, 0.05) is 0 Å². The second-order valence-electron chi connectivity index (χ2n) is 17.8. The summed E-state index contributed by atoms with van der Waals surface area (Å²) in [4.78, 5) is 23.5. The number of phosphoric ester groups is 1. The van der Waals surface area contributed by atoms with Crippen molar-refractivity contribution in [2.24, 2.45) is 0 Å². The maximum absolute atomic E-state index is 13.0. The molecule has 0 bridgehead atoms. The van der Waals surface area contributed by atoms with Gasteiger partial charge in [0.15, 0.2) is 0 Å². The van der Waals surface area contributed by atoms with E-state index in [1.165, 1.54) is 115 Å². The Hall–Kier alpha value is -1.48. The predicted molar refractivity (Wildman–Crippen MR) is 252 cm³/mol. The van der Waals surface area contributed by atoms with Gasteiger partial charge >= 0.3 is 7.82 Å². The Balaban J connectivity index is 2.55. The van der Waals surface area contributed by atoms with Crippen LogP contribution in [0.4, 0.5) is 0 Å². The van der Waals surface area contributed by atoms with Crippen molar-refractivity contribution in [2.45, 2.75) is 261 Å². The number of rotatable bonds is 41. The van der Waals surface area contributed by atoms with Crippen molar-refractivity contribution in [3.63, 3.8) is 0 Å². The number of carbonyl (C=O) groups is 1. The molecule has 0 saturated heterocycles. The standard InChI is InChI=1S/C49H92NO12P/c1-3-5-7-9-11-13-15-17-19-20-21-23-25-27-29-31-33-35-37-42(52)41(39-61-63(59,60)62-49-47(57)45(55)44(54)46(56)48(49)58)50-43(53)38-40(51)36-34-32-30-28-26-24-22-18-16-14-12-10-8-6-4-2/h18,22,27,29,35,37,40-42,44-49,51-52,54-58H,3-17,19-21,23-26,28,30-34,36,38-39H2,1-2H3,(H,50,53)(H,59,60)/b22-18-,29-27+,37-35+. The van der Waals surface area contributed by atoms with E-state index >= 15 is 0 Å². The summed E-state index contributed by atoms with van der Waals surface area (Å²) in [7, 11) is -5.15. The van der Waals surface area contributed by atoms with Crippen LogP contribution in [0.25, 0.3) is 0 Å². The van der Waals surface area contributed by atoms with Crippen LogP contribution in [0.15, 0.2) is 36.5 Å². The van der Waals surface area contributed by atoms with Crippen molar-refractivity contribution in [1.82, 2.24) is 5.32 Å². The van der Waals surface area contributed by atoms with Gasteiger partial charge in [0.25, 0.3) is 0 Å². The number of nitrogens with one attached hydrogen (secondary N) is 1. The molecule has 1 amide bonds. The van der Waals surface area contributed by atoms with E-state index in [2.05, 4.69) is 43.5 Å². The molecule has 1 saturated carbocycles. The zero-order chi connectivity index (χ0) is 46.6. The minimum Gasteiger partial charge on any atom is -0.393 e. The Kier molecular flexibility index (Phi) is 36.5. The summed E-state index contributed by atoms with van der Waals surface area (Å²) in [6.07, 6.45) is 30.9. The lowest BCUT2D eigenvalue weighted by atomic mass is 9.85. The van der Waals surface area contributed by atoms with E-state index in [9.17, 15) is 50.0 Å². The molecule has 1 aliphatic rings. The van der Waals surface area contributed by atoms with Gasteiger partial charge in [-0.1, -0.05) is 179 Å². The number of hydrogen-bond donors (Lipinski definition) is 9. The number of hydrogen-bond acceptors (Lipinski definition) is 11. The largest absolute Gasteiger partial charge is 0.472 e. The molecule has 0 aromatic heterocycles. The number of unbranched alkanes of at least 4 members (excludes halogenated alkanes) is 24. The lowest BCUT2D eigenvalue weighted by molar-refractivity contribution is -0.220. The summed E-state index contributed by atoms with van der Waals surface area (Å²) >= 11 is 0. The van der Waals surface area contributed by atoms with E-state index in [-0.39, 0.29) is 6.42 Å². The SMILES string of the molecule is CCCCCCCC/C=C\CCCCCCCC(O)CC(=O)NC(COP(=O)(O)OC1C(O)C(O)C(O)C(O)C1O)C(O)/C=C/CC/C=C/CCCCCCCCCCCCCC. The molecule has 9 N–H and O–H groups in total. The molecule has 0 aromatic rings. The van der Waals surface area contributed by atoms with Crippen molar-refractivity contribution < 1.29 is 59.0 Å². The maximum atomic E-state index is 13.0. The van der Waals surface area contributed by atoms with Crippen molar-refractivity contribution >= 4 is 13.7 Å². The number of allylic oxidation sites excluding steroid dienone is 5. The molecule has 1 fully saturated rings. The Bertz CT molecular complexity index is 1220. The highest BCUT2D eigenvalue weighted by molar-refractivity contribution is 7.47.